The van der Waals surface area contributed by atoms with Gasteiger partial charge in [-0.1, -0.05) is 12.8 Å². The summed E-state index contributed by atoms with van der Waals surface area (Å²) in [5, 5.41) is 2.73. The molecule has 2 aliphatic heterocycles. The zero-order valence-electron chi connectivity index (χ0n) is 21.8. The minimum Gasteiger partial charge on any atom is -0.494 e. The first-order chi connectivity index (χ1) is 17.7. The van der Waals surface area contributed by atoms with Gasteiger partial charge in [0.1, 0.15) is 11.5 Å². The molecule has 0 unspecified atom stereocenters. The van der Waals surface area contributed by atoms with E-state index in [-0.39, 0.29) is 5.56 Å². The fourth-order valence-corrected chi connectivity index (χ4v) is 5.74. The second-order valence-electron chi connectivity index (χ2n) is 10.5. The molecule has 0 spiro atoms. The van der Waals surface area contributed by atoms with Gasteiger partial charge < -0.3 is 23.8 Å². The molecule has 36 heavy (non-hydrogen) atoms. The number of pyridine rings is 1. The van der Waals surface area contributed by atoms with Crippen molar-refractivity contribution in [3.05, 3.63) is 46.8 Å². The van der Waals surface area contributed by atoms with Crippen LogP contribution in [-0.2, 0) is 7.05 Å². The number of aromatic nitrogens is 1. The first-order valence-corrected chi connectivity index (χ1v) is 14.0. The molecule has 194 valence electrons. The lowest BCUT2D eigenvalue weighted by molar-refractivity contribution is 0.205. The SMILES string of the molecule is Cn1c(=O)c2cc(OCCCN3CCCCC3)ccc2c2ccc(OCCCN3CCCCC3)cc21. The fourth-order valence-electron chi connectivity index (χ4n) is 5.74. The highest BCUT2D eigenvalue weighted by Crippen LogP contribution is 2.28. The van der Waals surface area contributed by atoms with Crippen LogP contribution < -0.4 is 15.0 Å². The van der Waals surface area contributed by atoms with Gasteiger partial charge in [0.05, 0.1) is 24.1 Å². The number of nitrogens with zero attached hydrogens (tertiary/aromatic N) is 3. The van der Waals surface area contributed by atoms with Crippen molar-refractivity contribution in [2.24, 2.45) is 7.05 Å². The molecule has 0 N–H and O–H groups in total. The van der Waals surface area contributed by atoms with E-state index in [2.05, 4.69) is 15.9 Å². The molecule has 6 nitrogen and oxygen atoms in total. The van der Waals surface area contributed by atoms with Crippen LogP contribution in [0.25, 0.3) is 21.7 Å². The normalized spacial score (nSPS) is 17.6. The molecule has 0 bridgehead atoms. The van der Waals surface area contributed by atoms with Crippen molar-refractivity contribution in [2.45, 2.75) is 51.4 Å². The number of aryl methyl sites for hydroxylation is 1. The zero-order valence-corrected chi connectivity index (χ0v) is 21.8. The Morgan fingerprint density at radius 1 is 0.667 bits per heavy atom. The molecule has 3 aromatic rings. The summed E-state index contributed by atoms with van der Waals surface area (Å²) in [5.74, 6) is 1.59. The van der Waals surface area contributed by atoms with Crippen LogP contribution in [0.2, 0.25) is 0 Å². The maximum Gasteiger partial charge on any atom is 0.258 e. The Kier molecular flexibility index (Phi) is 8.44. The number of piperidine rings is 2. The van der Waals surface area contributed by atoms with Crippen LogP contribution in [0.3, 0.4) is 0 Å². The van der Waals surface area contributed by atoms with Crippen molar-refractivity contribution >= 4 is 21.7 Å². The summed E-state index contributed by atoms with van der Waals surface area (Å²) in [7, 11) is 1.84. The highest BCUT2D eigenvalue weighted by molar-refractivity contribution is 6.06. The summed E-state index contributed by atoms with van der Waals surface area (Å²) in [5.41, 5.74) is 0.898. The minimum atomic E-state index is -0.00137. The van der Waals surface area contributed by atoms with Crippen molar-refractivity contribution in [1.82, 2.24) is 14.4 Å². The number of hydrogen-bond acceptors (Lipinski definition) is 5. The largest absolute Gasteiger partial charge is 0.494 e. The molecular weight excluding hydrogens is 450 g/mol. The highest BCUT2D eigenvalue weighted by atomic mass is 16.5. The Morgan fingerprint density at radius 3 is 1.78 bits per heavy atom. The second kappa shape index (κ2) is 12.1. The summed E-state index contributed by atoms with van der Waals surface area (Å²) in [6, 6.07) is 12.0. The lowest BCUT2D eigenvalue weighted by Gasteiger charge is -2.26. The van der Waals surface area contributed by atoms with Gasteiger partial charge in [-0.25, -0.2) is 0 Å². The van der Waals surface area contributed by atoms with Crippen LogP contribution in [0.5, 0.6) is 11.5 Å². The predicted octanol–water partition coefficient (Wildman–Crippen LogP) is 5.20. The standard InChI is InChI=1S/C30H41N3O3/c1-31-29-23-25(36-21-9-19-33-16-6-3-7-17-33)11-13-27(29)26-12-10-24(22-28(26)30(31)34)35-20-8-18-32-14-4-2-5-15-32/h10-13,22-23H,2-9,14-21H2,1H3. The van der Waals surface area contributed by atoms with Gasteiger partial charge in [0, 0.05) is 31.6 Å². The van der Waals surface area contributed by atoms with Crippen molar-refractivity contribution in [3.8, 4) is 11.5 Å². The predicted molar refractivity (Wildman–Crippen MR) is 148 cm³/mol. The van der Waals surface area contributed by atoms with Crippen molar-refractivity contribution in [3.63, 3.8) is 0 Å². The van der Waals surface area contributed by atoms with Gasteiger partial charge in [-0.05, 0) is 100 Å². The monoisotopic (exact) mass is 491 g/mol. The van der Waals surface area contributed by atoms with E-state index in [0.717, 1.165) is 53.7 Å². The van der Waals surface area contributed by atoms with Crippen molar-refractivity contribution in [2.75, 3.05) is 52.5 Å². The zero-order chi connectivity index (χ0) is 24.7. The molecule has 2 fully saturated rings. The Morgan fingerprint density at radius 2 is 1.19 bits per heavy atom. The van der Waals surface area contributed by atoms with Crippen LogP contribution in [0.1, 0.15) is 51.4 Å². The first-order valence-electron chi connectivity index (χ1n) is 14.0. The number of hydrogen-bond donors (Lipinski definition) is 0. The molecule has 5 rings (SSSR count). The Labute approximate surface area is 214 Å². The van der Waals surface area contributed by atoms with Crippen molar-refractivity contribution in [1.29, 1.82) is 0 Å². The van der Waals surface area contributed by atoms with Crippen LogP contribution >= 0.6 is 0 Å². The topological polar surface area (TPSA) is 46.9 Å². The van der Waals surface area contributed by atoms with Gasteiger partial charge in [-0.2, -0.15) is 0 Å². The summed E-state index contributed by atoms with van der Waals surface area (Å²) in [4.78, 5) is 18.3. The Balaban J connectivity index is 1.22. The number of likely N-dealkylation sites (tertiary alicyclic amines) is 2. The van der Waals surface area contributed by atoms with Crippen LogP contribution in [-0.4, -0.2) is 66.8 Å². The molecule has 2 aromatic carbocycles. The number of benzene rings is 2. The van der Waals surface area contributed by atoms with E-state index in [0.29, 0.717) is 18.6 Å². The molecule has 3 heterocycles. The maximum absolute atomic E-state index is 13.2. The number of rotatable bonds is 10. The van der Waals surface area contributed by atoms with Crippen LogP contribution in [0.4, 0.5) is 0 Å². The molecule has 2 saturated heterocycles. The van der Waals surface area contributed by atoms with Crippen molar-refractivity contribution < 1.29 is 9.47 Å². The third-order valence-corrected chi connectivity index (χ3v) is 7.82. The lowest BCUT2D eigenvalue weighted by Crippen LogP contribution is -2.31. The van der Waals surface area contributed by atoms with Gasteiger partial charge >= 0.3 is 0 Å². The summed E-state index contributed by atoms with van der Waals surface area (Å²) >= 11 is 0. The molecule has 0 atom stereocenters. The molecule has 0 saturated carbocycles. The molecule has 0 amide bonds. The third-order valence-electron chi connectivity index (χ3n) is 7.82. The van der Waals surface area contributed by atoms with E-state index >= 15 is 0 Å². The quantitative estimate of drug-likeness (QED) is 0.288. The van der Waals surface area contributed by atoms with Gasteiger partial charge in [-0.15, -0.1) is 0 Å². The van der Waals surface area contributed by atoms with E-state index in [1.807, 2.05) is 37.4 Å². The van der Waals surface area contributed by atoms with Gasteiger partial charge in [0.25, 0.3) is 5.56 Å². The summed E-state index contributed by atoms with van der Waals surface area (Å²) < 4.78 is 13.8. The molecule has 6 heteroatoms. The molecule has 1 aromatic heterocycles. The van der Waals surface area contributed by atoms with E-state index < -0.39 is 0 Å². The molecule has 2 aliphatic rings. The van der Waals surface area contributed by atoms with Gasteiger partial charge in [0.15, 0.2) is 0 Å². The molecule has 0 aliphatic carbocycles. The van der Waals surface area contributed by atoms with E-state index in [9.17, 15) is 4.79 Å². The fraction of sp³-hybridized carbons (Fsp3) is 0.567. The average Bonchev–Trinajstić information content (AvgIpc) is 2.93. The Bertz CT molecular complexity index is 1210. The minimum absolute atomic E-state index is 0.00137. The lowest BCUT2D eigenvalue weighted by atomic mass is 10.1. The van der Waals surface area contributed by atoms with Crippen LogP contribution in [0.15, 0.2) is 41.2 Å². The van der Waals surface area contributed by atoms with Gasteiger partial charge in [-0.3, -0.25) is 4.79 Å². The highest BCUT2D eigenvalue weighted by Gasteiger charge is 2.13. The van der Waals surface area contributed by atoms with E-state index in [1.54, 1.807) is 4.57 Å². The Hall–Kier alpha value is -2.57. The maximum atomic E-state index is 13.2. The summed E-state index contributed by atoms with van der Waals surface area (Å²) in [6.45, 7) is 8.42. The number of ether oxygens (including phenoxy) is 2. The van der Waals surface area contributed by atoms with Gasteiger partial charge in [0.2, 0.25) is 0 Å². The average molecular weight is 492 g/mol. The summed E-state index contributed by atoms with van der Waals surface area (Å²) in [6.07, 6.45) is 10.0. The van der Waals surface area contributed by atoms with Crippen LogP contribution in [0, 0.1) is 0 Å². The molecule has 0 radical (unpaired) electrons. The third kappa shape index (κ3) is 6.04. The van der Waals surface area contributed by atoms with E-state index in [1.165, 1.54) is 64.7 Å². The smallest absolute Gasteiger partial charge is 0.258 e. The van der Waals surface area contributed by atoms with E-state index in [4.69, 9.17) is 9.47 Å². The first kappa shape index (κ1) is 25.1. The molecular formula is C30H41N3O3. The second-order valence-corrected chi connectivity index (χ2v) is 10.5. The number of fused-ring (bicyclic) bond motifs is 3.